The van der Waals surface area contributed by atoms with Gasteiger partial charge in [0.15, 0.2) is 11.5 Å². The number of unbranched alkanes of at least 4 members (excludes halogenated alkanes) is 1. The Morgan fingerprint density at radius 1 is 1.12 bits per heavy atom. The van der Waals surface area contributed by atoms with Gasteiger partial charge < -0.3 is 10.2 Å². The molecule has 0 bridgehead atoms. The van der Waals surface area contributed by atoms with Crippen LogP contribution in [-0.2, 0) is 6.42 Å². The maximum atomic E-state index is 9.54. The van der Waals surface area contributed by atoms with Gasteiger partial charge in [-0.05, 0) is 42.0 Å². The van der Waals surface area contributed by atoms with Gasteiger partial charge >= 0.3 is 0 Å². The molecule has 16 heavy (non-hydrogen) atoms. The van der Waals surface area contributed by atoms with E-state index in [-0.39, 0.29) is 11.5 Å². The topological polar surface area (TPSA) is 40.5 Å². The molecule has 0 aliphatic rings. The minimum absolute atomic E-state index is 0.00412. The zero-order valence-corrected chi connectivity index (χ0v) is 10.5. The molecule has 0 amide bonds. The van der Waals surface area contributed by atoms with Crippen LogP contribution in [0.15, 0.2) is 12.1 Å². The van der Waals surface area contributed by atoms with E-state index in [1.807, 2.05) is 0 Å². The summed E-state index contributed by atoms with van der Waals surface area (Å²) in [5, 5.41) is 19.0. The molecule has 1 rings (SSSR count). The van der Waals surface area contributed by atoms with Gasteiger partial charge in [0, 0.05) is 0 Å². The predicted molar refractivity (Wildman–Crippen MR) is 67.1 cm³/mol. The third-order valence-electron chi connectivity index (χ3n) is 3.14. The molecule has 0 radical (unpaired) electrons. The second-order valence-corrected chi connectivity index (χ2v) is 4.44. The van der Waals surface area contributed by atoms with Crippen molar-refractivity contribution in [2.45, 2.75) is 52.4 Å². The van der Waals surface area contributed by atoms with E-state index in [0.717, 1.165) is 18.4 Å². The molecular weight excluding hydrogens is 200 g/mol. The monoisotopic (exact) mass is 222 g/mol. The highest BCUT2D eigenvalue weighted by molar-refractivity contribution is 5.46. The maximum Gasteiger partial charge on any atom is 0.157 e. The van der Waals surface area contributed by atoms with Crippen LogP contribution in [0.3, 0.4) is 0 Å². The predicted octanol–water partition coefficient (Wildman–Crippen LogP) is 3.95. The second kappa shape index (κ2) is 5.78. The van der Waals surface area contributed by atoms with Gasteiger partial charge in [0.25, 0.3) is 0 Å². The molecule has 2 N–H and O–H groups in total. The second-order valence-electron chi connectivity index (χ2n) is 4.44. The lowest BCUT2D eigenvalue weighted by Gasteiger charge is -2.16. The summed E-state index contributed by atoms with van der Waals surface area (Å²) in [6.07, 6.45) is 4.41. The number of hydrogen-bond donors (Lipinski definition) is 2. The van der Waals surface area contributed by atoms with Crippen molar-refractivity contribution in [3.05, 3.63) is 23.3 Å². The van der Waals surface area contributed by atoms with Gasteiger partial charge in [0.05, 0.1) is 0 Å². The van der Waals surface area contributed by atoms with E-state index in [2.05, 4.69) is 20.8 Å². The van der Waals surface area contributed by atoms with Gasteiger partial charge in [-0.3, -0.25) is 0 Å². The summed E-state index contributed by atoms with van der Waals surface area (Å²) < 4.78 is 0. The molecule has 1 atom stereocenters. The molecule has 2 heteroatoms. The molecule has 1 unspecified atom stereocenters. The van der Waals surface area contributed by atoms with E-state index in [0.29, 0.717) is 5.92 Å². The number of benzene rings is 1. The van der Waals surface area contributed by atoms with Gasteiger partial charge in [-0.1, -0.05) is 33.6 Å². The van der Waals surface area contributed by atoms with Crippen molar-refractivity contribution in [3.63, 3.8) is 0 Å². The molecule has 0 aliphatic carbocycles. The Kier molecular flexibility index (Phi) is 4.66. The Morgan fingerprint density at radius 2 is 1.75 bits per heavy atom. The molecule has 0 heterocycles. The van der Waals surface area contributed by atoms with Crippen LogP contribution in [0.1, 0.15) is 57.1 Å². The van der Waals surface area contributed by atoms with Crippen molar-refractivity contribution in [3.8, 4) is 11.5 Å². The van der Waals surface area contributed by atoms with Crippen molar-refractivity contribution >= 4 is 0 Å². The fraction of sp³-hybridized carbons (Fsp3) is 0.571. The number of hydrogen-bond acceptors (Lipinski definition) is 2. The van der Waals surface area contributed by atoms with E-state index >= 15 is 0 Å². The first kappa shape index (κ1) is 12.9. The molecule has 0 fully saturated rings. The van der Waals surface area contributed by atoms with Gasteiger partial charge in [-0.25, -0.2) is 0 Å². The average molecular weight is 222 g/mol. The average Bonchev–Trinajstić information content (AvgIpc) is 2.28. The van der Waals surface area contributed by atoms with Crippen LogP contribution in [0, 0.1) is 0 Å². The number of aromatic hydroxyl groups is 2. The van der Waals surface area contributed by atoms with Gasteiger partial charge in [-0.2, -0.15) is 0 Å². The molecule has 0 saturated heterocycles. The van der Waals surface area contributed by atoms with Crippen molar-refractivity contribution in [1.29, 1.82) is 0 Å². The lowest BCUT2D eigenvalue weighted by Crippen LogP contribution is -1.99. The Balaban J connectivity index is 2.96. The summed E-state index contributed by atoms with van der Waals surface area (Å²) in [7, 11) is 0. The molecule has 0 spiro atoms. The van der Waals surface area contributed by atoms with Crippen LogP contribution < -0.4 is 0 Å². The molecule has 1 aromatic carbocycles. The summed E-state index contributed by atoms with van der Waals surface area (Å²) in [6.45, 7) is 6.43. The fourth-order valence-electron chi connectivity index (χ4n) is 2.07. The number of rotatable bonds is 5. The van der Waals surface area contributed by atoms with E-state index in [4.69, 9.17) is 0 Å². The maximum absolute atomic E-state index is 9.54. The van der Waals surface area contributed by atoms with Crippen LogP contribution in [0.5, 0.6) is 11.5 Å². The first-order chi connectivity index (χ1) is 7.60. The van der Waals surface area contributed by atoms with Gasteiger partial charge in [0.2, 0.25) is 0 Å². The molecule has 90 valence electrons. The van der Waals surface area contributed by atoms with Crippen molar-refractivity contribution in [1.82, 2.24) is 0 Å². The quantitative estimate of drug-likeness (QED) is 0.740. The fourth-order valence-corrected chi connectivity index (χ4v) is 2.07. The minimum atomic E-state index is -0.0108. The SMILES string of the molecule is CCCCC(C)c1cc(O)c(O)cc1CC. The number of aryl methyl sites for hydroxylation is 1. The lowest BCUT2D eigenvalue weighted by molar-refractivity contribution is 0.401. The van der Waals surface area contributed by atoms with Crippen LogP contribution in [0.25, 0.3) is 0 Å². The number of phenols is 2. The lowest BCUT2D eigenvalue weighted by atomic mass is 9.90. The van der Waals surface area contributed by atoms with Crippen molar-refractivity contribution in [2.24, 2.45) is 0 Å². The first-order valence-electron chi connectivity index (χ1n) is 6.14. The summed E-state index contributed by atoms with van der Waals surface area (Å²) in [4.78, 5) is 0. The van der Waals surface area contributed by atoms with Crippen LogP contribution in [0.2, 0.25) is 0 Å². The van der Waals surface area contributed by atoms with Gasteiger partial charge in [0.1, 0.15) is 0 Å². The molecule has 1 aromatic rings. The normalized spacial score (nSPS) is 12.7. The Bertz CT molecular complexity index is 345. The summed E-state index contributed by atoms with van der Waals surface area (Å²) in [5.41, 5.74) is 2.31. The van der Waals surface area contributed by atoms with Crippen LogP contribution in [0.4, 0.5) is 0 Å². The Hall–Kier alpha value is -1.18. The third kappa shape index (κ3) is 2.91. The first-order valence-corrected chi connectivity index (χ1v) is 6.14. The summed E-state index contributed by atoms with van der Waals surface area (Å²) in [5.74, 6) is 0.431. The molecular formula is C14H22O2. The van der Waals surface area contributed by atoms with Crippen LogP contribution >= 0.6 is 0 Å². The van der Waals surface area contributed by atoms with Gasteiger partial charge in [-0.15, -0.1) is 0 Å². The molecule has 0 saturated carbocycles. The zero-order chi connectivity index (χ0) is 12.1. The highest BCUT2D eigenvalue weighted by atomic mass is 16.3. The van der Waals surface area contributed by atoms with E-state index in [9.17, 15) is 10.2 Å². The van der Waals surface area contributed by atoms with Crippen molar-refractivity contribution in [2.75, 3.05) is 0 Å². The van der Waals surface area contributed by atoms with E-state index in [1.54, 1.807) is 12.1 Å². The highest BCUT2D eigenvalue weighted by Gasteiger charge is 2.13. The molecule has 2 nitrogen and oxygen atoms in total. The van der Waals surface area contributed by atoms with Crippen LogP contribution in [-0.4, -0.2) is 10.2 Å². The third-order valence-corrected chi connectivity index (χ3v) is 3.14. The smallest absolute Gasteiger partial charge is 0.157 e. The Morgan fingerprint density at radius 3 is 2.31 bits per heavy atom. The minimum Gasteiger partial charge on any atom is -0.504 e. The standard InChI is InChI=1S/C14H22O2/c1-4-6-7-10(3)12-9-14(16)13(15)8-11(12)5-2/h8-10,15-16H,4-7H2,1-3H3. The zero-order valence-electron chi connectivity index (χ0n) is 10.5. The van der Waals surface area contributed by atoms with Crippen molar-refractivity contribution < 1.29 is 10.2 Å². The molecule has 0 aromatic heterocycles. The summed E-state index contributed by atoms with van der Waals surface area (Å²) in [6, 6.07) is 3.40. The van der Waals surface area contributed by atoms with E-state index < -0.39 is 0 Å². The molecule has 0 aliphatic heterocycles. The summed E-state index contributed by atoms with van der Waals surface area (Å²) >= 11 is 0. The largest absolute Gasteiger partial charge is 0.504 e. The highest BCUT2D eigenvalue weighted by Crippen LogP contribution is 2.34. The van der Waals surface area contributed by atoms with E-state index in [1.165, 1.54) is 18.4 Å². The Labute approximate surface area is 97.9 Å². The number of phenolic OH excluding ortho intramolecular Hbond substituents is 2.